The third-order valence-corrected chi connectivity index (χ3v) is 5.43. The van der Waals surface area contributed by atoms with E-state index >= 15 is 0 Å². The molecule has 0 radical (unpaired) electrons. The molecule has 19 heavy (non-hydrogen) atoms. The molecule has 5 heteroatoms. The summed E-state index contributed by atoms with van der Waals surface area (Å²) in [5, 5.41) is 3.41. The van der Waals surface area contributed by atoms with Crippen molar-refractivity contribution in [1.29, 1.82) is 0 Å². The molecule has 0 saturated carbocycles. The third kappa shape index (κ3) is 6.06. The van der Waals surface area contributed by atoms with Gasteiger partial charge in [0.2, 0.25) is 0 Å². The summed E-state index contributed by atoms with van der Waals surface area (Å²) in [7, 11) is -2.85. The van der Waals surface area contributed by atoms with Gasteiger partial charge in [0.1, 0.15) is 9.84 Å². The highest BCUT2D eigenvalue weighted by molar-refractivity contribution is 9.10. The molecular formula is C14H22BrNO2S. The molecule has 0 aliphatic heterocycles. The Morgan fingerprint density at radius 3 is 2.37 bits per heavy atom. The first-order valence-electron chi connectivity index (χ1n) is 6.67. The van der Waals surface area contributed by atoms with Crippen LogP contribution in [-0.4, -0.2) is 26.5 Å². The Kier molecular flexibility index (Phi) is 7.04. The fourth-order valence-electron chi connectivity index (χ4n) is 1.98. The lowest BCUT2D eigenvalue weighted by atomic mass is 10.0. The smallest absolute Gasteiger partial charge is 0.150 e. The van der Waals surface area contributed by atoms with Crippen molar-refractivity contribution in [1.82, 2.24) is 5.32 Å². The largest absolute Gasteiger partial charge is 0.310 e. The van der Waals surface area contributed by atoms with Crippen LogP contribution < -0.4 is 5.32 Å². The number of nitrogens with one attached hydrogen (secondary N) is 1. The van der Waals surface area contributed by atoms with E-state index in [1.54, 1.807) is 6.92 Å². The van der Waals surface area contributed by atoms with Crippen LogP contribution in [0.4, 0.5) is 0 Å². The van der Waals surface area contributed by atoms with Gasteiger partial charge in [0, 0.05) is 16.3 Å². The standard InChI is InChI=1S/C14H22BrNO2S/c1-3-16-14(6-5-11-19(17,18)4-2)12-7-9-13(15)10-8-12/h7-10,14,16H,3-6,11H2,1-2H3. The number of rotatable bonds is 8. The van der Waals surface area contributed by atoms with E-state index in [0.717, 1.165) is 17.4 Å². The van der Waals surface area contributed by atoms with E-state index in [9.17, 15) is 8.42 Å². The molecule has 1 rings (SSSR count). The summed E-state index contributed by atoms with van der Waals surface area (Å²) in [6, 6.07) is 8.41. The monoisotopic (exact) mass is 347 g/mol. The average Bonchev–Trinajstić information content (AvgIpc) is 2.39. The summed E-state index contributed by atoms with van der Waals surface area (Å²) in [4.78, 5) is 0. The summed E-state index contributed by atoms with van der Waals surface area (Å²) in [6.07, 6.45) is 1.54. The topological polar surface area (TPSA) is 46.2 Å². The van der Waals surface area contributed by atoms with Crippen molar-refractivity contribution in [2.45, 2.75) is 32.7 Å². The van der Waals surface area contributed by atoms with Crippen LogP contribution >= 0.6 is 15.9 Å². The molecule has 1 unspecified atom stereocenters. The van der Waals surface area contributed by atoms with E-state index in [-0.39, 0.29) is 17.5 Å². The van der Waals surface area contributed by atoms with Gasteiger partial charge in [-0.2, -0.15) is 0 Å². The summed E-state index contributed by atoms with van der Waals surface area (Å²) in [5.74, 6) is 0.513. The molecule has 0 bridgehead atoms. The van der Waals surface area contributed by atoms with Gasteiger partial charge in [0.05, 0.1) is 5.75 Å². The van der Waals surface area contributed by atoms with Crippen molar-refractivity contribution in [3.63, 3.8) is 0 Å². The zero-order valence-corrected chi connectivity index (χ0v) is 13.9. The maximum Gasteiger partial charge on any atom is 0.150 e. The SMILES string of the molecule is CCNC(CCCS(=O)(=O)CC)c1ccc(Br)cc1. The number of benzene rings is 1. The molecule has 1 aromatic carbocycles. The fourth-order valence-corrected chi connectivity index (χ4v) is 3.14. The molecule has 0 fully saturated rings. The molecule has 0 amide bonds. The van der Waals surface area contributed by atoms with Crippen LogP contribution in [0.2, 0.25) is 0 Å². The van der Waals surface area contributed by atoms with Crippen molar-refractivity contribution in [2.24, 2.45) is 0 Å². The summed E-state index contributed by atoms with van der Waals surface area (Å²) in [5.41, 5.74) is 1.21. The Balaban J connectivity index is 2.61. The van der Waals surface area contributed by atoms with Gasteiger partial charge < -0.3 is 5.32 Å². The van der Waals surface area contributed by atoms with Gasteiger partial charge in [-0.05, 0) is 37.1 Å². The van der Waals surface area contributed by atoms with Crippen molar-refractivity contribution in [3.05, 3.63) is 34.3 Å². The van der Waals surface area contributed by atoms with E-state index in [1.807, 2.05) is 12.1 Å². The second kappa shape index (κ2) is 8.02. The van der Waals surface area contributed by atoms with Crippen molar-refractivity contribution >= 4 is 25.8 Å². The molecule has 0 spiro atoms. The predicted octanol–water partition coefficient (Wildman–Crippen LogP) is 3.31. The first kappa shape index (κ1) is 16.7. The fraction of sp³-hybridized carbons (Fsp3) is 0.571. The molecule has 1 atom stereocenters. The van der Waals surface area contributed by atoms with Crippen LogP contribution in [0, 0.1) is 0 Å². The number of hydrogen-bond donors (Lipinski definition) is 1. The Labute approximate surface area is 124 Å². The van der Waals surface area contributed by atoms with Crippen molar-refractivity contribution in [2.75, 3.05) is 18.1 Å². The molecule has 108 valence electrons. The third-order valence-electron chi connectivity index (χ3n) is 3.11. The Hall–Kier alpha value is -0.390. The minimum absolute atomic E-state index is 0.227. The minimum atomic E-state index is -2.85. The second-order valence-corrected chi connectivity index (χ2v) is 7.93. The van der Waals surface area contributed by atoms with Gasteiger partial charge in [-0.25, -0.2) is 8.42 Å². The van der Waals surface area contributed by atoms with Gasteiger partial charge in [0.15, 0.2) is 0 Å². The lowest BCUT2D eigenvalue weighted by Gasteiger charge is -2.18. The zero-order valence-electron chi connectivity index (χ0n) is 11.5. The lowest BCUT2D eigenvalue weighted by Crippen LogP contribution is -2.22. The van der Waals surface area contributed by atoms with E-state index in [1.165, 1.54) is 5.56 Å². The van der Waals surface area contributed by atoms with Crippen molar-refractivity contribution < 1.29 is 8.42 Å². The summed E-state index contributed by atoms with van der Waals surface area (Å²) in [6.45, 7) is 4.64. The lowest BCUT2D eigenvalue weighted by molar-refractivity contribution is 0.506. The summed E-state index contributed by atoms with van der Waals surface area (Å²) < 4.78 is 24.0. The van der Waals surface area contributed by atoms with Gasteiger partial charge in [0.25, 0.3) is 0 Å². The highest BCUT2D eigenvalue weighted by atomic mass is 79.9. The normalized spacial score (nSPS) is 13.4. The van der Waals surface area contributed by atoms with E-state index in [2.05, 4.69) is 40.3 Å². The van der Waals surface area contributed by atoms with Crippen molar-refractivity contribution in [3.8, 4) is 0 Å². The minimum Gasteiger partial charge on any atom is -0.310 e. The molecule has 0 saturated heterocycles. The Morgan fingerprint density at radius 2 is 1.84 bits per heavy atom. The molecule has 0 heterocycles. The van der Waals surface area contributed by atoms with Gasteiger partial charge in [-0.15, -0.1) is 0 Å². The van der Waals surface area contributed by atoms with Gasteiger partial charge in [-0.3, -0.25) is 0 Å². The quantitative estimate of drug-likeness (QED) is 0.784. The predicted molar refractivity (Wildman–Crippen MR) is 84.1 cm³/mol. The number of hydrogen-bond acceptors (Lipinski definition) is 3. The van der Waals surface area contributed by atoms with Crippen LogP contribution in [0.3, 0.4) is 0 Å². The molecule has 1 N–H and O–H groups in total. The van der Waals surface area contributed by atoms with E-state index < -0.39 is 9.84 Å². The first-order chi connectivity index (χ1) is 8.98. The molecule has 0 aliphatic rings. The van der Waals surface area contributed by atoms with E-state index in [4.69, 9.17) is 0 Å². The van der Waals surface area contributed by atoms with Gasteiger partial charge in [-0.1, -0.05) is 41.9 Å². The molecular weight excluding hydrogens is 326 g/mol. The highest BCUT2D eigenvalue weighted by Gasteiger charge is 2.13. The van der Waals surface area contributed by atoms with E-state index in [0.29, 0.717) is 6.42 Å². The maximum atomic E-state index is 11.5. The summed E-state index contributed by atoms with van der Waals surface area (Å²) >= 11 is 3.42. The van der Waals surface area contributed by atoms with Gasteiger partial charge >= 0.3 is 0 Å². The molecule has 1 aromatic rings. The molecule has 0 aliphatic carbocycles. The van der Waals surface area contributed by atoms with Crippen LogP contribution in [0.1, 0.15) is 38.3 Å². The second-order valence-electron chi connectivity index (χ2n) is 4.54. The first-order valence-corrected chi connectivity index (χ1v) is 9.29. The van der Waals surface area contributed by atoms with Crippen LogP contribution in [0.15, 0.2) is 28.7 Å². The number of halogens is 1. The zero-order chi connectivity index (χ0) is 14.3. The molecule has 3 nitrogen and oxygen atoms in total. The van der Waals surface area contributed by atoms with Crippen LogP contribution in [0.25, 0.3) is 0 Å². The number of sulfone groups is 1. The maximum absolute atomic E-state index is 11.5. The Morgan fingerprint density at radius 1 is 1.21 bits per heavy atom. The highest BCUT2D eigenvalue weighted by Crippen LogP contribution is 2.21. The van der Waals surface area contributed by atoms with Crippen LogP contribution in [0.5, 0.6) is 0 Å². The average molecular weight is 348 g/mol. The van der Waals surface area contributed by atoms with Crippen LogP contribution in [-0.2, 0) is 9.84 Å². The molecule has 0 aromatic heterocycles. The Bertz CT molecular complexity index is 471.